The summed E-state index contributed by atoms with van der Waals surface area (Å²) in [6, 6.07) is 4.98. The second-order valence-electron chi connectivity index (χ2n) is 4.41. The minimum Gasteiger partial charge on any atom is -0.508 e. The number of carbonyl (C=O) groups is 1. The zero-order valence-corrected chi connectivity index (χ0v) is 10.9. The van der Waals surface area contributed by atoms with Crippen LogP contribution >= 0.6 is 0 Å². The minimum absolute atomic E-state index is 0.123. The Bertz CT molecular complexity index is 391. The largest absolute Gasteiger partial charge is 0.508 e. The van der Waals surface area contributed by atoms with Crippen LogP contribution in [0.5, 0.6) is 5.75 Å². The van der Waals surface area contributed by atoms with Crippen molar-refractivity contribution in [3.05, 3.63) is 29.3 Å². The fraction of sp³-hybridized carbons (Fsp3) is 0.500. The van der Waals surface area contributed by atoms with E-state index in [1.807, 2.05) is 0 Å². The van der Waals surface area contributed by atoms with Gasteiger partial charge in [-0.15, -0.1) is 0 Å². The fourth-order valence-corrected chi connectivity index (χ4v) is 1.79. The van der Waals surface area contributed by atoms with Gasteiger partial charge in [0, 0.05) is 17.7 Å². The number of phenols is 1. The maximum Gasteiger partial charge on any atom is 0.251 e. The smallest absolute Gasteiger partial charge is 0.251 e. The summed E-state index contributed by atoms with van der Waals surface area (Å²) < 4.78 is 0. The molecule has 0 heterocycles. The van der Waals surface area contributed by atoms with Gasteiger partial charge in [-0.3, -0.25) is 4.79 Å². The van der Waals surface area contributed by atoms with Crippen LogP contribution in [0.15, 0.2) is 18.2 Å². The lowest BCUT2D eigenvalue weighted by Crippen LogP contribution is -2.25. The molecule has 0 bridgehead atoms. The summed E-state index contributed by atoms with van der Waals surface area (Å²) in [4.78, 5) is 11.9. The molecule has 100 valence electrons. The average Bonchev–Trinajstić information content (AvgIpc) is 2.36. The zero-order valence-electron chi connectivity index (χ0n) is 10.9. The van der Waals surface area contributed by atoms with Crippen LogP contribution in [0.1, 0.15) is 41.6 Å². The minimum atomic E-state index is -0.123. The molecule has 1 aromatic carbocycles. The van der Waals surface area contributed by atoms with Crippen LogP contribution in [-0.2, 0) is 0 Å². The van der Waals surface area contributed by atoms with Crippen molar-refractivity contribution < 1.29 is 9.90 Å². The maximum absolute atomic E-state index is 11.9. The lowest BCUT2D eigenvalue weighted by Gasteiger charge is -2.08. The third-order valence-electron chi connectivity index (χ3n) is 2.97. The van der Waals surface area contributed by atoms with E-state index in [1.165, 1.54) is 0 Å². The number of benzene rings is 1. The number of aromatic hydroxyl groups is 1. The fourth-order valence-electron chi connectivity index (χ4n) is 1.79. The highest BCUT2D eigenvalue weighted by molar-refractivity contribution is 5.96. The third-order valence-corrected chi connectivity index (χ3v) is 2.97. The summed E-state index contributed by atoms with van der Waals surface area (Å²) in [6.45, 7) is 3.14. The first-order valence-corrected chi connectivity index (χ1v) is 6.43. The molecule has 18 heavy (non-hydrogen) atoms. The Kier molecular flexibility index (Phi) is 6.22. The number of carbonyl (C=O) groups excluding carboxylic acids is 1. The van der Waals surface area contributed by atoms with Crippen molar-refractivity contribution in [1.82, 2.24) is 5.32 Å². The molecular formula is C14H22N2O2. The number of hydrogen-bond acceptors (Lipinski definition) is 3. The van der Waals surface area contributed by atoms with Gasteiger partial charge in [-0.2, -0.15) is 0 Å². The van der Waals surface area contributed by atoms with Crippen LogP contribution in [0.25, 0.3) is 0 Å². The SMILES string of the molecule is Cc1c(O)cccc1C(=O)NCCCCCCN. The number of phenolic OH excluding ortho intramolecular Hbond substituents is 1. The van der Waals surface area contributed by atoms with Crippen molar-refractivity contribution >= 4 is 5.91 Å². The maximum atomic E-state index is 11.9. The van der Waals surface area contributed by atoms with Crippen LogP contribution < -0.4 is 11.1 Å². The van der Waals surface area contributed by atoms with Gasteiger partial charge in [0.2, 0.25) is 0 Å². The van der Waals surface area contributed by atoms with Gasteiger partial charge in [0.25, 0.3) is 5.91 Å². The number of amides is 1. The van der Waals surface area contributed by atoms with Crippen molar-refractivity contribution in [3.63, 3.8) is 0 Å². The lowest BCUT2D eigenvalue weighted by atomic mass is 10.1. The van der Waals surface area contributed by atoms with E-state index in [0.717, 1.165) is 32.2 Å². The van der Waals surface area contributed by atoms with Gasteiger partial charge >= 0.3 is 0 Å². The lowest BCUT2D eigenvalue weighted by molar-refractivity contribution is 0.0952. The van der Waals surface area contributed by atoms with Crippen molar-refractivity contribution in [2.24, 2.45) is 5.73 Å². The molecule has 0 spiro atoms. The average molecular weight is 250 g/mol. The predicted octanol–water partition coefficient (Wildman–Crippen LogP) is 1.95. The molecule has 1 aromatic rings. The molecule has 1 amide bonds. The van der Waals surface area contributed by atoms with Gasteiger partial charge in [-0.25, -0.2) is 0 Å². The molecule has 0 aliphatic rings. The van der Waals surface area contributed by atoms with E-state index in [4.69, 9.17) is 5.73 Å². The van der Waals surface area contributed by atoms with Crippen molar-refractivity contribution in [1.29, 1.82) is 0 Å². The van der Waals surface area contributed by atoms with Crippen molar-refractivity contribution in [3.8, 4) is 5.75 Å². The van der Waals surface area contributed by atoms with Crippen LogP contribution in [-0.4, -0.2) is 24.1 Å². The number of rotatable bonds is 7. The molecule has 0 saturated heterocycles. The zero-order chi connectivity index (χ0) is 13.4. The summed E-state index contributed by atoms with van der Waals surface area (Å²) in [6.07, 6.45) is 4.19. The second kappa shape index (κ2) is 7.71. The summed E-state index contributed by atoms with van der Waals surface area (Å²) >= 11 is 0. The van der Waals surface area contributed by atoms with Gasteiger partial charge in [-0.1, -0.05) is 18.9 Å². The first-order valence-electron chi connectivity index (χ1n) is 6.43. The van der Waals surface area contributed by atoms with Crippen LogP contribution in [0.3, 0.4) is 0 Å². The molecule has 0 unspecified atom stereocenters. The molecule has 4 N–H and O–H groups in total. The molecule has 0 radical (unpaired) electrons. The van der Waals surface area contributed by atoms with Crippen molar-refractivity contribution in [2.45, 2.75) is 32.6 Å². The number of unbranched alkanes of at least 4 members (excludes halogenated alkanes) is 3. The molecule has 0 aliphatic carbocycles. The standard InChI is InChI=1S/C14H22N2O2/c1-11-12(7-6-8-13(11)17)14(18)16-10-5-3-2-4-9-15/h6-8,17H,2-5,9-10,15H2,1H3,(H,16,18). The van der Waals surface area contributed by atoms with Crippen LogP contribution in [0.4, 0.5) is 0 Å². The molecule has 4 nitrogen and oxygen atoms in total. The third kappa shape index (κ3) is 4.37. The molecule has 4 heteroatoms. The van der Waals surface area contributed by atoms with E-state index in [9.17, 15) is 9.90 Å². The Morgan fingerprint density at radius 1 is 1.28 bits per heavy atom. The molecule has 1 rings (SSSR count). The summed E-state index contributed by atoms with van der Waals surface area (Å²) in [5, 5.41) is 12.4. The Morgan fingerprint density at radius 3 is 2.72 bits per heavy atom. The van der Waals surface area contributed by atoms with E-state index in [-0.39, 0.29) is 11.7 Å². The number of nitrogens with two attached hydrogens (primary N) is 1. The quantitative estimate of drug-likeness (QED) is 0.647. The Hall–Kier alpha value is -1.55. The second-order valence-corrected chi connectivity index (χ2v) is 4.41. The number of hydrogen-bond donors (Lipinski definition) is 3. The van der Waals surface area contributed by atoms with Gasteiger partial charge in [0.15, 0.2) is 0 Å². The van der Waals surface area contributed by atoms with E-state index in [1.54, 1.807) is 25.1 Å². The Balaban J connectivity index is 2.35. The molecular weight excluding hydrogens is 228 g/mol. The van der Waals surface area contributed by atoms with Crippen LogP contribution in [0.2, 0.25) is 0 Å². The topological polar surface area (TPSA) is 75.3 Å². The van der Waals surface area contributed by atoms with Gasteiger partial charge in [0.05, 0.1) is 0 Å². The molecule has 0 saturated carbocycles. The highest BCUT2D eigenvalue weighted by atomic mass is 16.3. The highest BCUT2D eigenvalue weighted by Gasteiger charge is 2.10. The van der Waals surface area contributed by atoms with E-state index in [0.29, 0.717) is 17.7 Å². The van der Waals surface area contributed by atoms with Gasteiger partial charge in [0.1, 0.15) is 5.75 Å². The summed E-state index contributed by atoms with van der Waals surface area (Å²) in [5.41, 5.74) is 6.57. The van der Waals surface area contributed by atoms with Gasteiger partial charge < -0.3 is 16.2 Å². The first-order chi connectivity index (χ1) is 8.66. The van der Waals surface area contributed by atoms with E-state index in [2.05, 4.69) is 5.32 Å². The number of nitrogens with one attached hydrogen (secondary N) is 1. The highest BCUT2D eigenvalue weighted by Crippen LogP contribution is 2.19. The normalized spacial score (nSPS) is 10.3. The summed E-state index contributed by atoms with van der Waals surface area (Å²) in [7, 11) is 0. The summed E-state index contributed by atoms with van der Waals surface area (Å²) in [5.74, 6) is 0.0350. The van der Waals surface area contributed by atoms with E-state index >= 15 is 0 Å². The Labute approximate surface area is 108 Å². The van der Waals surface area contributed by atoms with Crippen molar-refractivity contribution in [2.75, 3.05) is 13.1 Å². The molecule has 0 aromatic heterocycles. The monoisotopic (exact) mass is 250 g/mol. The predicted molar refractivity (Wildman–Crippen MR) is 72.7 cm³/mol. The van der Waals surface area contributed by atoms with Gasteiger partial charge in [-0.05, 0) is 38.4 Å². The molecule has 0 aliphatic heterocycles. The molecule has 0 fully saturated rings. The van der Waals surface area contributed by atoms with E-state index < -0.39 is 0 Å². The first kappa shape index (κ1) is 14.5. The molecule has 0 atom stereocenters. The Morgan fingerprint density at radius 2 is 2.00 bits per heavy atom. The van der Waals surface area contributed by atoms with Crippen LogP contribution in [0, 0.1) is 6.92 Å².